The van der Waals surface area contributed by atoms with Gasteiger partial charge in [0.25, 0.3) is 0 Å². The Morgan fingerprint density at radius 2 is 2.00 bits per heavy atom. The van der Waals surface area contributed by atoms with Crippen LogP contribution in [0.3, 0.4) is 0 Å². The van der Waals surface area contributed by atoms with Gasteiger partial charge in [-0.25, -0.2) is 0 Å². The third-order valence-electron chi connectivity index (χ3n) is 1.28. The topological polar surface area (TPSA) is 128 Å². The third kappa shape index (κ3) is 9.14. The van der Waals surface area contributed by atoms with Gasteiger partial charge in [0.15, 0.2) is 5.96 Å². The van der Waals surface area contributed by atoms with Gasteiger partial charge in [-0.2, -0.15) is 0 Å². The average Bonchev–Trinajstić information content (AvgIpc) is 1.97. The molecule has 0 aromatic heterocycles. The number of nitrogens with zero attached hydrogens (tertiary/aromatic N) is 1. The van der Waals surface area contributed by atoms with Crippen LogP contribution in [0.25, 0.3) is 0 Å². The maximum absolute atomic E-state index is 10.2. The molecule has 0 spiro atoms. The molecule has 7 heteroatoms. The van der Waals surface area contributed by atoms with Gasteiger partial charge in [0.1, 0.15) is 6.04 Å². The molecular formula is C6H14CrN4O2. The molecule has 0 aliphatic carbocycles. The predicted molar refractivity (Wildman–Crippen MR) is 45.5 cm³/mol. The fourth-order valence-electron chi connectivity index (χ4n) is 0.643. The van der Waals surface area contributed by atoms with Crippen molar-refractivity contribution >= 4 is 11.9 Å². The second kappa shape index (κ2) is 7.86. The van der Waals surface area contributed by atoms with Crippen molar-refractivity contribution in [1.82, 2.24) is 0 Å². The molecular weight excluding hydrogens is 212 g/mol. The third-order valence-corrected chi connectivity index (χ3v) is 1.28. The fraction of sp³-hybridized carbons (Fsp3) is 0.667. The van der Waals surface area contributed by atoms with Crippen LogP contribution in [0.2, 0.25) is 0 Å². The normalized spacial score (nSPS) is 11.2. The van der Waals surface area contributed by atoms with E-state index in [1.165, 1.54) is 0 Å². The first-order chi connectivity index (χ1) is 5.54. The van der Waals surface area contributed by atoms with E-state index < -0.39 is 12.0 Å². The van der Waals surface area contributed by atoms with Crippen molar-refractivity contribution in [3.63, 3.8) is 0 Å². The monoisotopic (exact) mass is 226 g/mol. The summed E-state index contributed by atoms with van der Waals surface area (Å²) in [5, 5.41) is 8.38. The zero-order valence-corrected chi connectivity index (χ0v) is 8.42. The number of nitrogens with two attached hydrogens (primary N) is 3. The molecule has 7 N–H and O–H groups in total. The molecule has 0 fully saturated rings. The standard InChI is InChI=1S/C6H14N4O2.Cr/c7-4(5(11)12)2-1-3-10-6(8)9;/h4H,1-3,7H2,(H,11,12)(H4,8,9,10);. The Morgan fingerprint density at radius 1 is 1.46 bits per heavy atom. The van der Waals surface area contributed by atoms with E-state index in [0.29, 0.717) is 19.4 Å². The zero-order chi connectivity index (χ0) is 9.56. The van der Waals surface area contributed by atoms with Gasteiger partial charge in [0, 0.05) is 23.9 Å². The summed E-state index contributed by atoms with van der Waals surface area (Å²) in [5.74, 6) is -0.987. The van der Waals surface area contributed by atoms with E-state index in [1.54, 1.807) is 0 Å². The maximum atomic E-state index is 10.2. The number of guanidine groups is 1. The Morgan fingerprint density at radius 3 is 2.38 bits per heavy atom. The van der Waals surface area contributed by atoms with Crippen LogP contribution in [0.4, 0.5) is 0 Å². The number of aliphatic carboxylic acids is 1. The summed E-state index contributed by atoms with van der Waals surface area (Å²) in [6, 6.07) is -0.820. The van der Waals surface area contributed by atoms with Gasteiger partial charge in [-0.1, -0.05) is 0 Å². The number of hydrogen-bond acceptors (Lipinski definition) is 3. The Labute approximate surface area is 87.3 Å². The van der Waals surface area contributed by atoms with Crippen molar-refractivity contribution in [3.8, 4) is 0 Å². The predicted octanol–water partition coefficient (Wildman–Crippen LogP) is -1.55. The van der Waals surface area contributed by atoms with Gasteiger partial charge < -0.3 is 22.3 Å². The Hall–Kier alpha value is -0.768. The Kier molecular flexibility index (Phi) is 8.91. The smallest absolute Gasteiger partial charge is 0.320 e. The molecule has 0 aliphatic heterocycles. The van der Waals surface area contributed by atoms with Crippen molar-refractivity contribution in [2.75, 3.05) is 6.54 Å². The van der Waals surface area contributed by atoms with E-state index in [0.717, 1.165) is 0 Å². The number of rotatable bonds is 5. The van der Waals surface area contributed by atoms with E-state index in [2.05, 4.69) is 4.99 Å². The first kappa shape index (κ1) is 14.7. The number of carbonyl (C=O) groups is 1. The zero-order valence-electron chi connectivity index (χ0n) is 7.14. The SMILES string of the molecule is NC(N)=NCCCC(N)C(=O)O.[Cr]. The summed E-state index contributed by atoms with van der Waals surface area (Å²) < 4.78 is 0. The number of carboxylic acids is 1. The minimum absolute atomic E-state index is 0. The van der Waals surface area contributed by atoms with Crippen LogP contribution >= 0.6 is 0 Å². The first-order valence-electron chi connectivity index (χ1n) is 3.58. The van der Waals surface area contributed by atoms with Crippen molar-refractivity contribution in [3.05, 3.63) is 0 Å². The number of aliphatic imine (C=N–C) groups is 1. The van der Waals surface area contributed by atoms with Crippen LogP contribution in [-0.4, -0.2) is 29.6 Å². The molecule has 0 heterocycles. The molecule has 0 aromatic carbocycles. The fourth-order valence-corrected chi connectivity index (χ4v) is 0.643. The van der Waals surface area contributed by atoms with Gasteiger partial charge in [-0.3, -0.25) is 9.79 Å². The molecule has 1 atom stereocenters. The van der Waals surface area contributed by atoms with Crippen molar-refractivity contribution in [2.24, 2.45) is 22.2 Å². The minimum Gasteiger partial charge on any atom is -0.480 e. The van der Waals surface area contributed by atoms with Gasteiger partial charge in [0.2, 0.25) is 0 Å². The van der Waals surface area contributed by atoms with E-state index in [-0.39, 0.29) is 23.3 Å². The van der Waals surface area contributed by atoms with Crippen LogP contribution in [0, 0.1) is 0 Å². The van der Waals surface area contributed by atoms with Gasteiger partial charge >= 0.3 is 5.97 Å². The van der Waals surface area contributed by atoms with Crippen LogP contribution < -0.4 is 17.2 Å². The second-order valence-corrected chi connectivity index (χ2v) is 2.39. The summed E-state index contributed by atoms with van der Waals surface area (Å²) in [7, 11) is 0. The van der Waals surface area contributed by atoms with Gasteiger partial charge in [-0.05, 0) is 12.8 Å². The minimum atomic E-state index is -1.00. The summed E-state index contributed by atoms with van der Waals surface area (Å²) in [4.78, 5) is 13.9. The maximum Gasteiger partial charge on any atom is 0.320 e. The van der Waals surface area contributed by atoms with E-state index in [4.69, 9.17) is 22.3 Å². The summed E-state index contributed by atoms with van der Waals surface area (Å²) in [6.45, 7) is 0.420. The molecule has 0 radical (unpaired) electrons. The molecule has 1 unspecified atom stereocenters. The molecule has 6 nitrogen and oxygen atoms in total. The Bertz CT molecular complexity index is 181. The summed E-state index contributed by atoms with van der Waals surface area (Å²) in [6.07, 6.45) is 0.956. The van der Waals surface area contributed by atoms with Crippen LogP contribution in [0.1, 0.15) is 12.8 Å². The molecule has 0 amide bonds. The largest absolute Gasteiger partial charge is 0.480 e. The quantitative estimate of drug-likeness (QED) is 0.256. The molecule has 0 aromatic rings. The molecule has 0 aliphatic rings. The molecule has 0 rings (SSSR count). The summed E-state index contributed by atoms with van der Waals surface area (Å²) >= 11 is 0. The molecule has 13 heavy (non-hydrogen) atoms. The first-order valence-corrected chi connectivity index (χ1v) is 3.58. The Balaban J connectivity index is 0. The van der Waals surface area contributed by atoms with E-state index in [9.17, 15) is 4.79 Å². The number of hydrogen-bond donors (Lipinski definition) is 4. The van der Waals surface area contributed by atoms with E-state index >= 15 is 0 Å². The van der Waals surface area contributed by atoms with Crippen LogP contribution in [0.15, 0.2) is 4.99 Å². The molecule has 0 bridgehead atoms. The average molecular weight is 226 g/mol. The molecule has 0 saturated carbocycles. The second-order valence-electron chi connectivity index (χ2n) is 2.39. The molecule has 0 saturated heterocycles. The van der Waals surface area contributed by atoms with Crippen LogP contribution in [0.5, 0.6) is 0 Å². The number of carboxylic acid groups (broad SMARTS) is 1. The van der Waals surface area contributed by atoms with Crippen molar-refractivity contribution < 1.29 is 27.3 Å². The van der Waals surface area contributed by atoms with Crippen molar-refractivity contribution in [1.29, 1.82) is 0 Å². The van der Waals surface area contributed by atoms with Crippen molar-refractivity contribution in [2.45, 2.75) is 18.9 Å². The van der Waals surface area contributed by atoms with Gasteiger partial charge in [0.05, 0.1) is 0 Å². The summed E-state index contributed by atoms with van der Waals surface area (Å²) in [5.41, 5.74) is 15.3. The van der Waals surface area contributed by atoms with Gasteiger partial charge in [-0.15, -0.1) is 0 Å². The van der Waals surface area contributed by atoms with E-state index in [1.807, 2.05) is 0 Å². The molecule has 76 valence electrons. The van der Waals surface area contributed by atoms with Crippen LogP contribution in [-0.2, 0) is 22.2 Å².